The van der Waals surface area contributed by atoms with E-state index in [0.717, 1.165) is 15.8 Å². The van der Waals surface area contributed by atoms with Gasteiger partial charge in [-0.2, -0.15) is 0 Å². The van der Waals surface area contributed by atoms with Crippen molar-refractivity contribution < 1.29 is 14.3 Å². The lowest BCUT2D eigenvalue weighted by molar-refractivity contribution is 0.0957. The first-order valence-corrected chi connectivity index (χ1v) is 7.34. The summed E-state index contributed by atoms with van der Waals surface area (Å²) in [5.41, 5.74) is 1.28. The summed E-state index contributed by atoms with van der Waals surface area (Å²) in [6.45, 7) is 0.778. The van der Waals surface area contributed by atoms with Gasteiger partial charge in [-0.1, -0.05) is 0 Å². The van der Waals surface area contributed by atoms with Gasteiger partial charge in [0.25, 0.3) is 5.91 Å². The highest BCUT2D eigenvalue weighted by atomic mass is 79.9. The largest absolute Gasteiger partial charge is 0.454 e. The van der Waals surface area contributed by atoms with Gasteiger partial charge >= 0.3 is 0 Å². The molecule has 2 aromatic rings. The van der Waals surface area contributed by atoms with E-state index in [1.165, 1.54) is 0 Å². The molecule has 1 aromatic carbocycles. The summed E-state index contributed by atoms with van der Waals surface area (Å²) in [5.74, 6) is 1.76. The molecule has 0 atom stereocenters. The van der Waals surface area contributed by atoms with Crippen molar-refractivity contribution in [3.05, 3.63) is 40.0 Å². The number of nitrogens with zero attached hydrogens (tertiary/aromatic N) is 2. The predicted molar refractivity (Wildman–Crippen MR) is 83.0 cm³/mol. The zero-order valence-corrected chi connectivity index (χ0v) is 13.3. The highest BCUT2D eigenvalue weighted by Gasteiger charge is 2.17. The van der Waals surface area contributed by atoms with Gasteiger partial charge in [0.15, 0.2) is 17.2 Å². The lowest BCUT2D eigenvalue weighted by Crippen LogP contribution is -2.19. The van der Waals surface area contributed by atoms with Crippen LogP contribution in [-0.4, -0.2) is 29.9 Å². The average Bonchev–Trinajstić information content (AvgIpc) is 3.02. The number of fused-ring (bicyclic) bond motifs is 1. The molecule has 114 valence electrons. The van der Waals surface area contributed by atoms with Crippen LogP contribution >= 0.6 is 15.9 Å². The van der Waals surface area contributed by atoms with E-state index in [-0.39, 0.29) is 18.4 Å². The van der Waals surface area contributed by atoms with Crippen molar-refractivity contribution in [1.29, 1.82) is 0 Å². The molecular formula is C14H13BrN4O3. The Balaban J connectivity index is 1.68. The van der Waals surface area contributed by atoms with E-state index in [9.17, 15) is 4.79 Å². The maximum atomic E-state index is 11.4. The number of carbonyl (C=O) groups is 1. The summed E-state index contributed by atoms with van der Waals surface area (Å²) in [5, 5.41) is 13.5. The Hall–Kier alpha value is -2.35. The van der Waals surface area contributed by atoms with Crippen LogP contribution in [0.4, 0.5) is 5.82 Å². The number of aromatic nitrogens is 2. The van der Waals surface area contributed by atoms with Crippen molar-refractivity contribution >= 4 is 27.7 Å². The highest BCUT2D eigenvalue weighted by Crippen LogP contribution is 2.40. The Labute approximate surface area is 135 Å². The number of ether oxygens (including phenoxy) is 2. The Morgan fingerprint density at radius 3 is 2.91 bits per heavy atom. The van der Waals surface area contributed by atoms with Crippen LogP contribution in [0.15, 0.2) is 28.7 Å². The third-order valence-corrected chi connectivity index (χ3v) is 3.67. The smallest absolute Gasteiger partial charge is 0.271 e. The SMILES string of the molecule is CNC(=O)c1ccc(NCc2cc(Br)c3c(c2)OCO3)nn1. The fourth-order valence-electron chi connectivity index (χ4n) is 1.99. The van der Waals surface area contributed by atoms with E-state index in [4.69, 9.17) is 9.47 Å². The summed E-state index contributed by atoms with van der Waals surface area (Å²) >= 11 is 3.45. The predicted octanol–water partition coefficient (Wildman–Crippen LogP) is 1.94. The van der Waals surface area contributed by atoms with Crippen LogP contribution in [0, 0.1) is 0 Å². The minimum absolute atomic E-state index is 0.233. The van der Waals surface area contributed by atoms with E-state index in [1.807, 2.05) is 12.1 Å². The van der Waals surface area contributed by atoms with Crippen LogP contribution in [0.3, 0.4) is 0 Å². The maximum absolute atomic E-state index is 11.4. The fourth-order valence-corrected chi connectivity index (χ4v) is 2.60. The van der Waals surface area contributed by atoms with E-state index in [2.05, 4.69) is 36.8 Å². The van der Waals surface area contributed by atoms with Gasteiger partial charge in [-0.3, -0.25) is 4.79 Å². The monoisotopic (exact) mass is 364 g/mol. The molecule has 8 heteroatoms. The van der Waals surface area contributed by atoms with E-state index < -0.39 is 0 Å². The molecule has 0 spiro atoms. The van der Waals surface area contributed by atoms with Crippen molar-refractivity contribution in [2.24, 2.45) is 0 Å². The second-order valence-corrected chi connectivity index (χ2v) is 5.40. The molecule has 22 heavy (non-hydrogen) atoms. The summed E-state index contributed by atoms with van der Waals surface area (Å²) in [4.78, 5) is 11.4. The lowest BCUT2D eigenvalue weighted by Gasteiger charge is -2.07. The van der Waals surface area contributed by atoms with Crippen molar-refractivity contribution in [3.8, 4) is 11.5 Å². The van der Waals surface area contributed by atoms with Crippen LogP contribution in [0.2, 0.25) is 0 Å². The first kappa shape index (κ1) is 14.6. The van der Waals surface area contributed by atoms with E-state index in [0.29, 0.717) is 18.1 Å². The Morgan fingerprint density at radius 2 is 2.18 bits per heavy atom. The van der Waals surface area contributed by atoms with Crippen LogP contribution in [0.5, 0.6) is 11.5 Å². The average molecular weight is 365 g/mol. The van der Waals surface area contributed by atoms with Gasteiger partial charge in [0.2, 0.25) is 6.79 Å². The fraction of sp³-hybridized carbons (Fsp3) is 0.214. The molecule has 1 aromatic heterocycles. The number of amides is 1. The molecule has 3 rings (SSSR count). The summed E-state index contributed by atoms with van der Waals surface area (Å²) in [6, 6.07) is 7.18. The molecular weight excluding hydrogens is 352 g/mol. The molecule has 1 aliphatic rings. The van der Waals surface area contributed by atoms with Gasteiger partial charge in [-0.25, -0.2) is 0 Å². The number of hydrogen-bond acceptors (Lipinski definition) is 6. The van der Waals surface area contributed by atoms with Crippen molar-refractivity contribution in [3.63, 3.8) is 0 Å². The molecule has 2 N–H and O–H groups in total. The molecule has 2 heterocycles. The van der Waals surface area contributed by atoms with Crippen molar-refractivity contribution in [2.75, 3.05) is 19.2 Å². The van der Waals surface area contributed by atoms with Crippen LogP contribution < -0.4 is 20.1 Å². The number of benzene rings is 1. The Morgan fingerprint density at radius 1 is 1.32 bits per heavy atom. The standard InChI is InChI=1S/C14H13BrN4O3/c1-16-14(20)10-2-3-12(19-18-10)17-6-8-4-9(15)13-11(5-8)21-7-22-13/h2-5H,6-7H2,1H3,(H,16,20)(H,17,19). The van der Waals surface area contributed by atoms with Crippen molar-refractivity contribution in [1.82, 2.24) is 15.5 Å². The Kier molecular flexibility index (Phi) is 4.10. The van der Waals surface area contributed by atoms with Crippen LogP contribution in [0.25, 0.3) is 0 Å². The lowest BCUT2D eigenvalue weighted by atomic mass is 10.2. The Bertz CT molecular complexity index is 706. The van der Waals surface area contributed by atoms with E-state index in [1.54, 1.807) is 19.2 Å². The first-order valence-electron chi connectivity index (χ1n) is 6.55. The second kappa shape index (κ2) is 6.18. The number of rotatable bonds is 4. The number of nitrogens with one attached hydrogen (secondary N) is 2. The minimum Gasteiger partial charge on any atom is -0.454 e. The van der Waals surface area contributed by atoms with Gasteiger partial charge in [0, 0.05) is 13.6 Å². The number of hydrogen-bond donors (Lipinski definition) is 2. The zero-order valence-electron chi connectivity index (χ0n) is 11.7. The summed E-state index contributed by atoms with van der Waals surface area (Å²) in [7, 11) is 1.55. The van der Waals surface area contributed by atoms with Gasteiger partial charge in [-0.15, -0.1) is 10.2 Å². The molecule has 0 fully saturated rings. The quantitative estimate of drug-likeness (QED) is 0.862. The molecule has 1 aliphatic heterocycles. The normalized spacial score (nSPS) is 12.1. The number of anilines is 1. The topological polar surface area (TPSA) is 85.4 Å². The molecule has 7 nitrogen and oxygen atoms in total. The second-order valence-electron chi connectivity index (χ2n) is 4.55. The third kappa shape index (κ3) is 2.96. The molecule has 0 saturated heterocycles. The molecule has 0 aliphatic carbocycles. The number of carbonyl (C=O) groups excluding carboxylic acids is 1. The van der Waals surface area contributed by atoms with Gasteiger partial charge in [0.1, 0.15) is 5.82 Å². The van der Waals surface area contributed by atoms with E-state index >= 15 is 0 Å². The van der Waals surface area contributed by atoms with Gasteiger partial charge in [-0.05, 0) is 45.8 Å². The highest BCUT2D eigenvalue weighted by molar-refractivity contribution is 9.10. The van der Waals surface area contributed by atoms with Crippen LogP contribution in [0.1, 0.15) is 16.1 Å². The molecule has 1 amide bonds. The minimum atomic E-state index is -0.265. The third-order valence-electron chi connectivity index (χ3n) is 3.08. The maximum Gasteiger partial charge on any atom is 0.271 e. The van der Waals surface area contributed by atoms with Gasteiger partial charge < -0.3 is 20.1 Å². The molecule has 0 bridgehead atoms. The summed E-state index contributed by atoms with van der Waals surface area (Å²) < 4.78 is 11.6. The van der Waals surface area contributed by atoms with Gasteiger partial charge in [0.05, 0.1) is 4.47 Å². The molecule has 0 unspecified atom stereocenters. The summed E-state index contributed by atoms with van der Waals surface area (Å²) in [6.07, 6.45) is 0. The van der Waals surface area contributed by atoms with Crippen LogP contribution in [-0.2, 0) is 6.54 Å². The number of halogens is 1. The molecule has 0 saturated carbocycles. The zero-order chi connectivity index (χ0) is 15.5. The molecule has 0 radical (unpaired) electrons. The first-order chi connectivity index (χ1) is 10.7. The van der Waals surface area contributed by atoms with Crippen molar-refractivity contribution in [2.45, 2.75) is 6.54 Å².